The van der Waals surface area contributed by atoms with Gasteiger partial charge in [0.05, 0.1) is 17.3 Å². The Hall–Kier alpha value is -2.04. The van der Waals surface area contributed by atoms with Crippen LogP contribution in [-0.4, -0.2) is 18.4 Å². The van der Waals surface area contributed by atoms with E-state index in [0.717, 1.165) is 5.56 Å². The van der Waals surface area contributed by atoms with Gasteiger partial charge in [-0.2, -0.15) is 0 Å². The van der Waals surface area contributed by atoms with Crippen molar-refractivity contribution in [1.29, 1.82) is 0 Å². The van der Waals surface area contributed by atoms with Crippen molar-refractivity contribution >= 4 is 40.7 Å². The summed E-state index contributed by atoms with van der Waals surface area (Å²) in [5.41, 5.74) is 2.11. The van der Waals surface area contributed by atoms with E-state index in [9.17, 15) is 9.59 Å². The van der Waals surface area contributed by atoms with Crippen molar-refractivity contribution in [3.05, 3.63) is 63.6 Å². The summed E-state index contributed by atoms with van der Waals surface area (Å²) in [7, 11) is 0. The number of halogens is 2. The molecule has 0 aliphatic rings. The summed E-state index contributed by atoms with van der Waals surface area (Å²) >= 11 is 11.8. The average molecular weight is 379 g/mol. The molecule has 2 N–H and O–H groups in total. The topological polar surface area (TPSA) is 58.2 Å². The van der Waals surface area contributed by atoms with Crippen molar-refractivity contribution in [2.45, 2.75) is 26.2 Å². The molecule has 0 aliphatic heterocycles. The second-order valence-corrected chi connectivity index (χ2v) is 7.53. The number of hydrogen-bond acceptors (Lipinski definition) is 2. The van der Waals surface area contributed by atoms with Crippen LogP contribution in [0, 0.1) is 0 Å². The number of carbonyl (C=O) groups is 2. The van der Waals surface area contributed by atoms with Crippen LogP contribution in [0.3, 0.4) is 0 Å². The fourth-order valence-corrected chi connectivity index (χ4v) is 2.63. The van der Waals surface area contributed by atoms with Crippen LogP contribution in [0.1, 0.15) is 36.7 Å². The normalized spacial score (nSPS) is 11.1. The van der Waals surface area contributed by atoms with E-state index in [2.05, 4.69) is 31.4 Å². The first-order chi connectivity index (χ1) is 11.7. The molecule has 2 rings (SSSR count). The highest BCUT2D eigenvalue weighted by Crippen LogP contribution is 2.25. The van der Waals surface area contributed by atoms with Gasteiger partial charge in [0, 0.05) is 10.6 Å². The molecule has 0 fully saturated rings. The largest absolute Gasteiger partial charge is 0.343 e. The average Bonchev–Trinajstić information content (AvgIpc) is 2.54. The van der Waals surface area contributed by atoms with E-state index in [1.807, 2.05) is 12.1 Å². The van der Waals surface area contributed by atoms with Crippen molar-refractivity contribution in [3.63, 3.8) is 0 Å². The van der Waals surface area contributed by atoms with Crippen LogP contribution in [0.5, 0.6) is 0 Å². The molecule has 4 nitrogen and oxygen atoms in total. The van der Waals surface area contributed by atoms with E-state index in [-0.39, 0.29) is 23.8 Å². The first-order valence-corrected chi connectivity index (χ1v) is 8.56. The zero-order valence-electron chi connectivity index (χ0n) is 14.3. The molecule has 0 radical (unpaired) electrons. The lowest BCUT2D eigenvalue weighted by Crippen LogP contribution is -2.32. The Balaban J connectivity index is 1.92. The molecule has 2 aromatic rings. The molecule has 6 heteroatoms. The fraction of sp³-hybridized carbons (Fsp3) is 0.263. The molecule has 2 amide bonds. The number of nitrogens with one attached hydrogen (secondary N) is 2. The lowest BCUT2D eigenvalue weighted by atomic mass is 9.87. The smallest absolute Gasteiger partial charge is 0.251 e. The molecule has 2 aromatic carbocycles. The molecule has 0 aliphatic carbocycles. The van der Waals surface area contributed by atoms with Gasteiger partial charge in [-0.1, -0.05) is 56.1 Å². The third kappa shape index (κ3) is 5.48. The van der Waals surface area contributed by atoms with E-state index in [1.165, 1.54) is 6.07 Å². The minimum absolute atomic E-state index is 0.0206. The highest BCUT2D eigenvalue weighted by atomic mass is 35.5. The van der Waals surface area contributed by atoms with Gasteiger partial charge in [0.25, 0.3) is 5.91 Å². The highest BCUT2D eigenvalue weighted by molar-refractivity contribution is 6.36. The molecular weight excluding hydrogens is 359 g/mol. The molecule has 0 aromatic heterocycles. The van der Waals surface area contributed by atoms with Crippen LogP contribution in [0.25, 0.3) is 0 Å². The summed E-state index contributed by atoms with van der Waals surface area (Å²) < 4.78 is 0. The number of amides is 2. The maximum Gasteiger partial charge on any atom is 0.251 e. The quantitative estimate of drug-likeness (QED) is 0.812. The summed E-state index contributed by atoms with van der Waals surface area (Å²) in [5, 5.41) is 6.04. The second-order valence-electron chi connectivity index (χ2n) is 6.68. The summed E-state index contributed by atoms with van der Waals surface area (Å²) in [6.07, 6.45) is 0. The molecule has 0 heterocycles. The standard InChI is InChI=1S/C19H20Cl2N2O2/c1-19(2,3)13-6-4-12(5-7-13)18(25)22-11-17(24)23-16-9-8-14(20)10-15(16)21/h4-10H,11H2,1-3H3,(H,22,25)(H,23,24). The molecule has 0 atom stereocenters. The van der Waals surface area contributed by atoms with Crippen LogP contribution < -0.4 is 10.6 Å². The Morgan fingerprint density at radius 1 is 1.00 bits per heavy atom. The lowest BCUT2D eigenvalue weighted by Gasteiger charge is -2.19. The molecule has 0 bridgehead atoms. The van der Waals surface area contributed by atoms with Gasteiger partial charge in [-0.25, -0.2) is 0 Å². The van der Waals surface area contributed by atoms with E-state index in [0.29, 0.717) is 21.3 Å². The molecule has 0 saturated carbocycles. The van der Waals surface area contributed by atoms with Crippen LogP contribution >= 0.6 is 23.2 Å². The predicted octanol–water partition coefficient (Wildman–Crippen LogP) is 4.66. The van der Waals surface area contributed by atoms with Gasteiger partial charge in [-0.05, 0) is 41.3 Å². The van der Waals surface area contributed by atoms with Crippen molar-refractivity contribution in [2.75, 3.05) is 11.9 Å². The molecule has 0 saturated heterocycles. The van der Waals surface area contributed by atoms with E-state index in [1.54, 1.807) is 24.3 Å². The minimum atomic E-state index is -0.371. The predicted molar refractivity (Wildman–Crippen MR) is 103 cm³/mol. The van der Waals surface area contributed by atoms with Gasteiger partial charge in [0.2, 0.25) is 5.91 Å². The number of rotatable bonds is 4. The summed E-state index contributed by atoms with van der Waals surface area (Å²) in [6.45, 7) is 6.16. The number of anilines is 1. The minimum Gasteiger partial charge on any atom is -0.343 e. The van der Waals surface area contributed by atoms with Crippen molar-refractivity contribution < 1.29 is 9.59 Å². The number of hydrogen-bond donors (Lipinski definition) is 2. The maximum atomic E-state index is 12.1. The van der Waals surface area contributed by atoms with Crippen LogP contribution in [0.2, 0.25) is 10.0 Å². The van der Waals surface area contributed by atoms with Gasteiger partial charge in [-0.15, -0.1) is 0 Å². The lowest BCUT2D eigenvalue weighted by molar-refractivity contribution is -0.115. The van der Waals surface area contributed by atoms with Crippen molar-refractivity contribution in [1.82, 2.24) is 5.32 Å². The Morgan fingerprint density at radius 3 is 2.20 bits per heavy atom. The van der Waals surface area contributed by atoms with E-state index < -0.39 is 0 Å². The highest BCUT2D eigenvalue weighted by Gasteiger charge is 2.15. The SMILES string of the molecule is CC(C)(C)c1ccc(C(=O)NCC(=O)Nc2ccc(Cl)cc2Cl)cc1. The van der Waals surface area contributed by atoms with Gasteiger partial charge >= 0.3 is 0 Å². The monoisotopic (exact) mass is 378 g/mol. The number of carbonyl (C=O) groups excluding carboxylic acids is 2. The van der Waals surface area contributed by atoms with Crippen LogP contribution in [-0.2, 0) is 10.2 Å². The van der Waals surface area contributed by atoms with Crippen LogP contribution in [0.4, 0.5) is 5.69 Å². The molecule has 0 spiro atoms. The Bertz CT molecular complexity index is 781. The molecule has 132 valence electrons. The second kappa shape index (κ2) is 7.89. The Kier molecular flexibility index (Phi) is 6.09. The third-order valence-electron chi connectivity index (χ3n) is 3.63. The number of benzene rings is 2. The zero-order chi connectivity index (χ0) is 18.6. The summed E-state index contributed by atoms with van der Waals surface area (Å²) in [4.78, 5) is 24.1. The molecule has 25 heavy (non-hydrogen) atoms. The van der Waals surface area contributed by atoms with Crippen molar-refractivity contribution in [2.24, 2.45) is 0 Å². The van der Waals surface area contributed by atoms with Gasteiger partial charge in [0.15, 0.2) is 0 Å². The van der Waals surface area contributed by atoms with Gasteiger partial charge < -0.3 is 10.6 Å². The Morgan fingerprint density at radius 2 is 1.64 bits per heavy atom. The van der Waals surface area contributed by atoms with Crippen LogP contribution in [0.15, 0.2) is 42.5 Å². The maximum absolute atomic E-state index is 12.1. The van der Waals surface area contributed by atoms with Gasteiger partial charge in [-0.3, -0.25) is 9.59 Å². The summed E-state index contributed by atoms with van der Waals surface area (Å²) in [5.74, 6) is -0.679. The fourth-order valence-electron chi connectivity index (χ4n) is 2.17. The first-order valence-electron chi connectivity index (χ1n) is 7.80. The zero-order valence-corrected chi connectivity index (χ0v) is 15.8. The third-order valence-corrected chi connectivity index (χ3v) is 4.18. The molecule has 0 unspecified atom stereocenters. The summed E-state index contributed by atoms with van der Waals surface area (Å²) in [6, 6.07) is 12.1. The molecular formula is C19H20Cl2N2O2. The van der Waals surface area contributed by atoms with Crippen molar-refractivity contribution in [3.8, 4) is 0 Å². The van der Waals surface area contributed by atoms with E-state index >= 15 is 0 Å². The first kappa shape index (κ1) is 19.3. The Labute approximate surface area is 157 Å². The van der Waals surface area contributed by atoms with Gasteiger partial charge in [0.1, 0.15) is 0 Å². The van der Waals surface area contributed by atoms with E-state index in [4.69, 9.17) is 23.2 Å².